The van der Waals surface area contributed by atoms with Gasteiger partial charge in [0.05, 0.1) is 11.2 Å². The van der Waals surface area contributed by atoms with Gasteiger partial charge in [0.15, 0.2) is 0 Å². The fourth-order valence-electron chi connectivity index (χ4n) is 1.41. The maximum Gasteiger partial charge on any atom is 0.251 e. The molecule has 0 radical (unpaired) electrons. The highest BCUT2D eigenvalue weighted by atomic mass is 16.1. The summed E-state index contributed by atoms with van der Waals surface area (Å²) >= 11 is 0. The average Bonchev–Trinajstić information content (AvgIpc) is 2.55. The van der Waals surface area contributed by atoms with Crippen LogP contribution in [0, 0.1) is 6.92 Å². The van der Waals surface area contributed by atoms with Crippen molar-refractivity contribution in [1.82, 2.24) is 14.9 Å². The topological polar surface area (TPSA) is 46.4 Å². The van der Waals surface area contributed by atoms with Crippen molar-refractivity contribution in [2.45, 2.75) is 6.92 Å². The van der Waals surface area contributed by atoms with Gasteiger partial charge in [-0.2, -0.15) is 5.10 Å². The number of aryl methyl sites for hydroxylation is 1. The fraction of sp³-hybridized carbons (Fsp3) is 0.200. The monoisotopic (exact) mass is 189 g/mol. The molecule has 14 heavy (non-hydrogen) atoms. The molecule has 4 heteroatoms. The minimum absolute atomic E-state index is 0.0775. The Morgan fingerprint density at radius 3 is 3.00 bits per heavy atom. The number of pyridine rings is 1. The summed E-state index contributed by atoms with van der Waals surface area (Å²) in [5, 5.41) is 6.81. The molecule has 0 unspecified atom stereocenters. The van der Waals surface area contributed by atoms with Gasteiger partial charge >= 0.3 is 0 Å². The van der Waals surface area contributed by atoms with Crippen molar-refractivity contribution in [1.29, 1.82) is 0 Å². The highest BCUT2D eigenvalue weighted by molar-refractivity contribution is 5.94. The van der Waals surface area contributed by atoms with E-state index in [1.165, 1.54) is 0 Å². The Labute approximate surface area is 81.5 Å². The highest BCUT2D eigenvalue weighted by Gasteiger charge is 2.04. The summed E-state index contributed by atoms with van der Waals surface area (Å²) < 4.78 is 1.75. The van der Waals surface area contributed by atoms with Crippen molar-refractivity contribution >= 4 is 11.4 Å². The SMILES string of the molecule is CNC(=O)c1ccn2nc(C)cc2c1. The van der Waals surface area contributed by atoms with Crippen LogP contribution in [0.2, 0.25) is 0 Å². The number of aromatic nitrogens is 2. The predicted molar refractivity (Wildman–Crippen MR) is 53.3 cm³/mol. The van der Waals surface area contributed by atoms with E-state index < -0.39 is 0 Å². The van der Waals surface area contributed by atoms with E-state index in [-0.39, 0.29) is 5.91 Å². The maximum atomic E-state index is 11.3. The lowest BCUT2D eigenvalue weighted by molar-refractivity contribution is 0.0963. The summed E-state index contributed by atoms with van der Waals surface area (Å²) in [6, 6.07) is 5.50. The molecule has 0 bridgehead atoms. The molecule has 0 saturated heterocycles. The lowest BCUT2D eigenvalue weighted by atomic mass is 10.2. The molecule has 1 amide bonds. The Balaban J connectivity index is 2.55. The van der Waals surface area contributed by atoms with Gasteiger partial charge in [-0.25, -0.2) is 4.52 Å². The molecule has 0 aromatic carbocycles. The predicted octanol–water partition coefficient (Wildman–Crippen LogP) is 1.00. The molecule has 0 saturated carbocycles. The lowest BCUT2D eigenvalue weighted by Gasteiger charge is -1.99. The van der Waals surface area contributed by atoms with Gasteiger partial charge in [-0.1, -0.05) is 0 Å². The Bertz CT molecular complexity index is 487. The normalized spacial score (nSPS) is 10.4. The van der Waals surface area contributed by atoms with Crippen LogP contribution in [0.25, 0.3) is 5.52 Å². The van der Waals surface area contributed by atoms with Gasteiger partial charge in [0.2, 0.25) is 0 Å². The van der Waals surface area contributed by atoms with E-state index in [1.54, 1.807) is 23.8 Å². The van der Waals surface area contributed by atoms with E-state index in [1.807, 2.05) is 19.1 Å². The quantitative estimate of drug-likeness (QED) is 0.727. The first-order chi connectivity index (χ1) is 6.70. The number of hydrogen-bond donors (Lipinski definition) is 1. The number of fused-ring (bicyclic) bond motifs is 1. The maximum absolute atomic E-state index is 11.3. The molecule has 0 aliphatic rings. The zero-order valence-corrected chi connectivity index (χ0v) is 8.11. The van der Waals surface area contributed by atoms with Crippen molar-refractivity contribution in [3.63, 3.8) is 0 Å². The van der Waals surface area contributed by atoms with Gasteiger partial charge in [-0.3, -0.25) is 4.79 Å². The number of carbonyl (C=O) groups excluding carboxylic acids is 1. The van der Waals surface area contributed by atoms with Crippen molar-refractivity contribution in [2.75, 3.05) is 7.05 Å². The van der Waals surface area contributed by atoms with Gasteiger partial charge in [-0.05, 0) is 25.1 Å². The molecule has 4 nitrogen and oxygen atoms in total. The first-order valence-electron chi connectivity index (χ1n) is 4.39. The Morgan fingerprint density at radius 2 is 2.29 bits per heavy atom. The molecule has 2 aromatic rings. The van der Waals surface area contributed by atoms with Crippen molar-refractivity contribution in [3.05, 3.63) is 35.7 Å². The van der Waals surface area contributed by atoms with Crippen molar-refractivity contribution < 1.29 is 4.79 Å². The van der Waals surface area contributed by atoms with E-state index in [4.69, 9.17) is 0 Å². The molecule has 0 spiro atoms. The lowest BCUT2D eigenvalue weighted by Crippen LogP contribution is -2.17. The summed E-state index contributed by atoms with van der Waals surface area (Å²) in [6.45, 7) is 1.92. The number of nitrogens with one attached hydrogen (secondary N) is 1. The number of nitrogens with zero attached hydrogens (tertiary/aromatic N) is 2. The first-order valence-corrected chi connectivity index (χ1v) is 4.39. The Morgan fingerprint density at radius 1 is 1.50 bits per heavy atom. The second-order valence-electron chi connectivity index (χ2n) is 3.15. The Hall–Kier alpha value is -1.84. The van der Waals surface area contributed by atoms with Crippen LogP contribution in [0.15, 0.2) is 24.4 Å². The number of carbonyl (C=O) groups is 1. The third-order valence-electron chi connectivity index (χ3n) is 2.07. The third-order valence-corrected chi connectivity index (χ3v) is 2.07. The molecule has 72 valence electrons. The molecule has 2 rings (SSSR count). The van der Waals surface area contributed by atoms with E-state index >= 15 is 0 Å². The second-order valence-corrected chi connectivity index (χ2v) is 3.15. The van der Waals surface area contributed by atoms with Crippen LogP contribution in [0.1, 0.15) is 16.1 Å². The molecule has 0 aliphatic carbocycles. The molecule has 0 atom stereocenters. The van der Waals surface area contributed by atoms with Crippen LogP contribution in [0.5, 0.6) is 0 Å². The molecular weight excluding hydrogens is 178 g/mol. The van der Waals surface area contributed by atoms with Crippen LogP contribution in [-0.4, -0.2) is 22.6 Å². The molecule has 1 N–H and O–H groups in total. The largest absolute Gasteiger partial charge is 0.355 e. The molecular formula is C10H11N3O. The smallest absolute Gasteiger partial charge is 0.251 e. The van der Waals surface area contributed by atoms with E-state index in [0.29, 0.717) is 5.56 Å². The number of amides is 1. The van der Waals surface area contributed by atoms with Crippen LogP contribution in [0.3, 0.4) is 0 Å². The molecule has 0 fully saturated rings. The third kappa shape index (κ3) is 1.35. The van der Waals surface area contributed by atoms with E-state index in [9.17, 15) is 4.79 Å². The fourth-order valence-corrected chi connectivity index (χ4v) is 1.41. The van der Waals surface area contributed by atoms with Crippen molar-refractivity contribution in [2.24, 2.45) is 0 Å². The van der Waals surface area contributed by atoms with Crippen LogP contribution >= 0.6 is 0 Å². The second kappa shape index (κ2) is 3.14. The number of hydrogen-bond acceptors (Lipinski definition) is 2. The van der Waals surface area contributed by atoms with Crippen molar-refractivity contribution in [3.8, 4) is 0 Å². The van der Waals surface area contributed by atoms with E-state index in [0.717, 1.165) is 11.2 Å². The summed E-state index contributed by atoms with van der Waals surface area (Å²) in [4.78, 5) is 11.3. The Kier molecular flexibility index (Phi) is 1.96. The van der Waals surface area contributed by atoms with Gasteiger partial charge in [0, 0.05) is 18.8 Å². The number of rotatable bonds is 1. The first kappa shape index (κ1) is 8.74. The molecule has 2 heterocycles. The van der Waals surface area contributed by atoms with Gasteiger partial charge in [0.25, 0.3) is 5.91 Å². The summed E-state index contributed by atoms with van der Waals surface area (Å²) in [7, 11) is 1.62. The summed E-state index contributed by atoms with van der Waals surface area (Å²) in [5.41, 5.74) is 2.53. The minimum atomic E-state index is -0.0775. The average molecular weight is 189 g/mol. The van der Waals surface area contributed by atoms with Gasteiger partial charge < -0.3 is 5.32 Å². The van der Waals surface area contributed by atoms with Gasteiger partial charge in [-0.15, -0.1) is 0 Å². The molecule has 2 aromatic heterocycles. The van der Waals surface area contributed by atoms with Crippen LogP contribution < -0.4 is 5.32 Å². The summed E-state index contributed by atoms with van der Waals surface area (Å²) in [6.07, 6.45) is 1.78. The standard InChI is InChI=1S/C10H11N3O/c1-7-5-9-6-8(10(14)11-2)3-4-13(9)12-7/h3-6H,1-2H3,(H,11,14). The highest BCUT2D eigenvalue weighted by Crippen LogP contribution is 2.08. The minimum Gasteiger partial charge on any atom is -0.355 e. The zero-order chi connectivity index (χ0) is 10.1. The van der Waals surface area contributed by atoms with Crippen LogP contribution in [-0.2, 0) is 0 Å². The van der Waals surface area contributed by atoms with Crippen LogP contribution in [0.4, 0.5) is 0 Å². The molecule has 0 aliphatic heterocycles. The van der Waals surface area contributed by atoms with E-state index in [2.05, 4.69) is 10.4 Å². The zero-order valence-electron chi connectivity index (χ0n) is 8.11. The van der Waals surface area contributed by atoms with Gasteiger partial charge in [0.1, 0.15) is 0 Å². The summed E-state index contributed by atoms with van der Waals surface area (Å²) in [5.74, 6) is -0.0775.